The van der Waals surface area contributed by atoms with Crippen LogP contribution in [-0.2, 0) is 29.2 Å². The van der Waals surface area contributed by atoms with Gasteiger partial charge in [-0.2, -0.15) is 5.26 Å². The van der Waals surface area contributed by atoms with Gasteiger partial charge >= 0.3 is 5.97 Å². The van der Waals surface area contributed by atoms with Gasteiger partial charge in [-0.05, 0) is 54.7 Å². The van der Waals surface area contributed by atoms with E-state index in [9.17, 15) is 29.5 Å². The monoisotopic (exact) mass is 657 g/mol. The lowest BCUT2D eigenvalue weighted by Gasteiger charge is -2.21. The van der Waals surface area contributed by atoms with E-state index in [1.54, 1.807) is 43.5 Å². The molecular weight excluding hydrogens is 625 g/mol. The third-order valence-electron chi connectivity index (χ3n) is 8.18. The van der Waals surface area contributed by atoms with Crippen LogP contribution in [0.4, 0.5) is 4.39 Å². The number of nitrogens with one attached hydrogen (secondary N) is 1. The zero-order chi connectivity index (χ0) is 33.5. The Labute approximate surface area is 276 Å². The number of Topliss-reactive ketones (excluding diaryl/α,β-unsaturated/α-hetero) is 1. The molecule has 3 aromatic carbocycles. The number of carbonyl (C=O) groups is 2. The molecule has 1 heterocycles. The lowest BCUT2D eigenvalue weighted by atomic mass is 9.96. The standard InChI is InChI=1S/C36H33ClFN3O6/c1-21(32(43)13-25(19-42)36(44)45)41-18-24-12-30(37)35(14-34(24)46-20-23-11-22(15-39)16-40-17-23)47-33-10-9-27-26(6-4-7-29(27)33)28-5-2-3-8-31(28)38/h2-8,11-12,14,16-17,21,25,33,41-42H,9-10,13,18-20H2,1H3,(H,44,45)/t21-,25-,33-/m0/s1. The number of hydrogen-bond donors (Lipinski definition) is 3. The van der Waals surface area contributed by atoms with Crippen LogP contribution in [0.3, 0.4) is 0 Å². The Morgan fingerprint density at radius 2 is 1.91 bits per heavy atom. The molecule has 1 aliphatic rings. The minimum absolute atomic E-state index is 0.0835. The van der Waals surface area contributed by atoms with Gasteiger partial charge in [-0.1, -0.05) is 48.0 Å². The third kappa shape index (κ3) is 7.95. The highest BCUT2D eigenvalue weighted by atomic mass is 35.5. The second kappa shape index (κ2) is 15.2. The highest BCUT2D eigenvalue weighted by molar-refractivity contribution is 6.32. The molecule has 0 fully saturated rings. The molecule has 3 N–H and O–H groups in total. The number of halogens is 2. The van der Waals surface area contributed by atoms with E-state index >= 15 is 0 Å². The largest absolute Gasteiger partial charge is 0.488 e. The maximum atomic E-state index is 14.7. The van der Waals surface area contributed by atoms with Crippen LogP contribution in [0.1, 0.15) is 53.7 Å². The number of aliphatic carboxylic acids is 1. The molecular formula is C36H33ClFN3O6. The fourth-order valence-electron chi connectivity index (χ4n) is 5.58. The minimum Gasteiger partial charge on any atom is -0.488 e. The summed E-state index contributed by atoms with van der Waals surface area (Å²) in [6, 6.07) is 18.8. The Morgan fingerprint density at radius 3 is 2.66 bits per heavy atom. The second-order valence-electron chi connectivity index (χ2n) is 11.4. The number of rotatable bonds is 14. The van der Waals surface area contributed by atoms with Gasteiger partial charge in [0.2, 0.25) is 0 Å². The number of aromatic nitrogens is 1. The first-order chi connectivity index (χ1) is 22.7. The van der Waals surface area contributed by atoms with E-state index in [4.69, 9.17) is 21.1 Å². The number of benzene rings is 3. The zero-order valence-corrected chi connectivity index (χ0v) is 26.3. The molecule has 0 spiro atoms. The van der Waals surface area contributed by atoms with Crippen LogP contribution in [0.15, 0.2) is 73.1 Å². The molecule has 0 unspecified atom stereocenters. The van der Waals surface area contributed by atoms with Gasteiger partial charge in [-0.3, -0.25) is 14.6 Å². The maximum absolute atomic E-state index is 14.7. The molecule has 1 aromatic heterocycles. The number of hydrogen-bond acceptors (Lipinski definition) is 8. The van der Waals surface area contributed by atoms with Crippen molar-refractivity contribution in [3.05, 3.63) is 112 Å². The lowest BCUT2D eigenvalue weighted by Crippen LogP contribution is -2.36. The quantitative estimate of drug-likeness (QED) is 0.145. The first-order valence-corrected chi connectivity index (χ1v) is 15.5. The molecule has 0 amide bonds. The third-order valence-corrected chi connectivity index (χ3v) is 8.48. The number of nitrogens with zero attached hydrogens (tertiary/aromatic N) is 2. The number of nitriles is 1. The van der Waals surface area contributed by atoms with Crippen molar-refractivity contribution in [1.29, 1.82) is 5.26 Å². The molecule has 0 aliphatic heterocycles. The first-order valence-electron chi connectivity index (χ1n) is 15.1. The van der Waals surface area contributed by atoms with Gasteiger partial charge in [-0.25, -0.2) is 4.39 Å². The van der Waals surface area contributed by atoms with Crippen molar-refractivity contribution in [2.75, 3.05) is 6.61 Å². The maximum Gasteiger partial charge on any atom is 0.309 e. The highest BCUT2D eigenvalue weighted by Crippen LogP contribution is 2.43. The van der Waals surface area contributed by atoms with E-state index in [1.807, 2.05) is 24.3 Å². The predicted octanol–water partition coefficient (Wildman–Crippen LogP) is 6.19. The second-order valence-corrected chi connectivity index (χ2v) is 11.8. The van der Waals surface area contributed by atoms with Crippen LogP contribution in [0.2, 0.25) is 5.02 Å². The molecule has 1 aliphatic carbocycles. The van der Waals surface area contributed by atoms with Crippen LogP contribution < -0.4 is 14.8 Å². The van der Waals surface area contributed by atoms with Crippen molar-refractivity contribution < 1.29 is 33.7 Å². The van der Waals surface area contributed by atoms with Gasteiger partial charge in [0.25, 0.3) is 0 Å². The van der Waals surface area contributed by atoms with Crippen LogP contribution in [0.25, 0.3) is 11.1 Å². The van der Waals surface area contributed by atoms with Crippen LogP contribution >= 0.6 is 11.6 Å². The van der Waals surface area contributed by atoms with E-state index in [-0.39, 0.29) is 37.3 Å². The summed E-state index contributed by atoms with van der Waals surface area (Å²) in [7, 11) is 0. The zero-order valence-electron chi connectivity index (χ0n) is 25.6. The molecule has 242 valence electrons. The van der Waals surface area contributed by atoms with Gasteiger partial charge in [-0.15, -0.1) is 0 Å². The van der Waals surface area contributed by atoms with Gasteiger partial charge in [0.05, 0.1) is 29.2 Å². The Morgan fingerprint density at radius 1 is 1.13 bits per heavy atom. The summed E-state index contributed by atoms with van der Waals surface area (Å²) >= 11 is 6.75. The van der Waals surface area contributed by atoms with E-state index in [1.165, 1.54) is 12.3 Å². The average Bonchev–Trinajstić information content (AvgIpc) is 3.49. The summed E-state index contributed by atoms with van der Waals surface area (Å²) in [4.78, 5) is 28.0. The molecule has 0 bridgehead atoms. The summed E-state index contributed by atoms with van der Waals surface area (Å²) in [6.45, 7) is 1.21. The summed E-state index contributed by atoms with van der Waals surface area (Å²) in [5.74, 6) is -2.29. The fourth-order valence-corrected chi connectivity index (χ4v) is 5.81. The smallest absolute Gasteiger partial charge is 0.309 e. The lowest BCUT2D eigenvalue weighted by molar-refractivity contribution is -0.145. The molecule has 47 heavy (non-hydrogen) atoms. The predicted molar refractivity (Wildman–Crippen MR) is 172 cm³/mol. The van der Waals surface area contributed by atoms with Crippen LogP contribution in [-0.4, -0.2) is 39.6 Å². The first kappa shape index (κ1) is 33.5. The topological polar surface area (TPSA) is 142 Å². The Kier molecular flexibility index (Phi) is 10.8. The summed E-state index contributed by atoms with van der Waals surface area (Å²) in [5.41, 5.74) is 4.99. The van der Waals surface area contributed by atoms with Crippen molar-refractivity contribution in [2.24, 2.45) is 5.92 Å². The van der Waals surface area contributed by atoms with E-state index in [2.05, 4.69) is 16.4 Å². The van der Waals surface area contributed by atoms with E-state index in [0.717, 1.165) is 16.7 Å². The molecule has 0 saturated heterocycles. The van der Waals surface area contributed by atoms with Crippen LogP contribution in [0.5, 0.6) is 11.5 Å². The SMILES string of the molecule is C[C@H](NCc1cc(Cl)c(O[C@H]2CCc3c(-c4ccccc4F)cccc32)cc1OCc1cncc(C#N)c1)C(=O)C[C@@H](CO)C(=O)O. The van der Waals surface area contributed by atoms with E-state index in [0.29, 0.717) is 51.6 Å². The molecule has 0 radical (unpaired) electrons. The average molecular weight is 658 g/mol. The van der Waals surface area contributed by atoms with Gasteiger partial charge < -0.3 is 25.0 Å². The highest BCUT2D eigenvalue weighted by Gasteiger charge is 2.29. The Hall–Kier alpha value is -4.82. The Balaban J connectivity index is 1.39. The normalized spacial score (nSPS) is 14.9. The number of fused-ring (bicyclic) bond motifs is 1. The molecule has 3 atom stereocenters. The summed E-state index contributed by atoms with van der Waals surface area (Å²) in [5, 5.41) is 31.2. The number of aliphatic hydroxyl groups excluding tert-OH is 1. The van der Waals surface area contributed by atoms with Crippen molar-refractivity contribution in [3.8, 4) is 28.7 Å². The van der Waals surface area contributed by atoms with Crippen molar-refractivity contribution >= 4 is 23.4 Å². The number of ketones is 1. The molecule has 9 nitrogen and oxygen atoms in total. The number of aliphatic hydroxyl groups is 1. The summed E-state index contributed by atoms with van der Waals surface area (Å²) in [6.07, 6.45) is 3.74. The number of carboxylic acids is 1. The molecule has 11 heteroatoms. The van der Waals surface area contributed by atoms with Crippen molar-refractivity contribution in [3.63, 3.8) is 0 Å². The Bertz CT molecular complexity index is 1830. The molecule has 5 rings (SSSR count). The minimum atomic E-state index is -1.24. The van der Waals surface area contributed by atoms with E-state index < -0.39 is 24.5 Å². The molecule has 0 saturated carbocycles. The number of ether oxygens (including phenoxy) is 2. The van der Waals surface area contributed by atoms with Crippen molar-refractivity contribution in [2.45, 2.75) is 51.5 Å². The number of carbonyl (C=O) groups excluding carboxylic acids is 1. The summed E-state index contributed by atoms with van der Waals surface area (Å²) < 4.78 is 27.3. The van der Waals surface area contributed by atoms with Gasteiger partial charge in [0, 0.05) is 48.1 Å². The fraction of sp³-hybridized carbons (Fsp3) is 0.278. The molecule has 4 aromatic rings. The van der Waals surface area contributed by atoms with Gasteiger partial charge in [0.15, 0.2) is 0 Å². The van der Waals surface area contributed by atoms with Crippen LogP contribution in [0, 0.1) is 23.1 Å². The number of carboxylic acid groups (broad SMARTS) is 1. The van der Waals surface area contributed by atoms with Gasteiger partial charge in [0.1, 0.15) is 41.9 Å². The van der Waals surface area contributed by atoms with Crippen molar-refractivity contribution in [1.82, 2.24) is 10.3 Å². The number of pyridine rings is 1.